The number of thiazole rings is 1. The lowest BCUT2D eigenvalue weighted by atomic mass is 9.98. The summed E-state index contributed by atoms with van der Waals surface area (Å²) in [7, 11) is 1.93. The summed E-state index contributed by atoms with van der Waals surface area (Å²) in [4.78, 5) is 18.9. The Balaban J connectivity index is 1.95. The molecule has 1 aliphatic rings. The van der Waals surface area contributed by atoms with Crippen molar-refractivity contribution in [3.63, 3.8) is 0 Å². The Morgan fingerprint density at radius 3 is 2.65 bits per heavy atom. The van der Waals surface area contributed by atoms with E-state index in [1.54, 1.807) is 11.3 Å². The van der Waals surface area contributed by atoms with Gasteiger partial charge in [0.25, 0.3) is 0 Å². The van der Waals surface area contributed by atoms with E-state index in [4.69, 9.17) is 0 Å². The summed E-state index contributed by atoms with van der Waals surface area (Å²) in [5, 5.41) is 6.45. The van der Waals surface area contributed by atoms with Gasteiger partial charge in [0.1, 0.15) is 0 Å². The molecule has 1 aliphatic heterocycles. The zero-order valence-corrected chi connectivity index (χ0v) is 13.7. The standard InChI is InChI=1S/C15H25N3OS/c1-15(2,3)14-17-11(10-20-14)9-13(19)18(4)12-5-7-16-8-6-12/h10,12,16H,5-9H2,1-4H3. The van der Waals surface area contributed by atoms with E-state index in [1.807, 2.05) is 17.3 Å². The first-order valence-electron chi connectivity index (χ1n) is 7.29. The van der Waals surface area contributed by atoms with Crippen molar-refractivity contribution in [1.29, 1.82) is 0 Å². The Morgan fingerprint density at radius 1 is 1.45 bits per heavy atom. The molecule has 0 atom stereocenters. The number of hydrogen-bond acceptors (Lipinski definition) is 4. The molecule has 0 bridgehead atoms. The maximum Gasteiger partial charge on any atom is 0.228 e. The highest BCUT2D eigenvalue weighted by atomic mass is 32.1. The fraction of sp³-hybridized carbons (Fsp3) is 0.733. The summed E-state index contributed by atoms with van der Waals surface area (Å²) < 4.78 is 0. The molecule has 1 N–H and O–H groups in total. The van der Waals surface area contributed by atoms with Gasteiger partial charge < -0.3 is 10.2 Å². The number of rotatable bonds is 3. The molecule has 0 aromatic carbocycles. The van der Waals surface area contributed by atoms with Crippen LogP contribution in [0.3, 0.4) is 0 Å². The van der Waals surface area contributed by atoms with E-state index in [-0.39, 0.29) is 11.3 Å². The third-order valence-electron chi connectivity index (χ3n) is 3.78. The van der Waals surface area contributed by atoms with Gasteiger partial charge in [-0.15, -0.1) is 11.3 Å². The van der Waals surface area contributed by atoms with Crippen LogP contribution in [0.5, 0.6) is 0 Å². The zero-order valence-electron chi connectivity index (χ0n) is 12.9. The molecule has 5 heteroatoms. The molecule has 0 saturated carbocycles. The monoisotopic (exact) mass is 295 g/mol. The van der Waals surface area contributed by atoms with Gasteiger partial charge in [0, 0.05) is 23.9 Å². The van der Waals surface area contributed by atoms with E-state index in [0.29, 0.717) is 12.5 Å². The van der Waals surface area contributed by atoms with Gasteiger partial charge in [-0.1, -0.05) is 20.8 Å². The third-order valence-corrected chi connectivity index (χ3v) is 5.09. The average molecular weight is 295 g/mol. The van der Waals surface area contributed by atoms with Gasteiger partial charge in [-0.25, -0.2) is 4.98 Å². The Kier molecular flexibility index (Phi) is 4.81. The van der Waals surface area contributed by atoms with Crippen molar-refractivity contribution < 1.29 is 4.79 Å². The number of nitrogens with one attached hydrogen (secondary N) is 1. The molecule has 0 radical (unpaired) electrons. The van der Waals surface area contributed by atoms with Gasteiger partial charge in [-0.05, 0) is 25.9 Å². The molecule has 1 aromatic heterocycles. The molecular formula is C15H25N3OS. The van der Waals surface area contributed by atoms with E-state index in [0.717, 1.165) is 36.6 Å². The van der Waals surface area contributed by atoms with Crippen LogP contribution in [0.25, 0.3) is 0 Å². The van der Waals surface area contributed by atoms with E-state index in [1.165, 1.54) is 0 Å². The van der Waals surface area contributed by atoms with E-state index in [2.05, 4.69) is 31.1 Å². The van der Waals surface area contributed by atoms with Gasteiger partial charge in [-0.3, -0.25) is 4.79 Å². The Hall–Kier alpha value is -0.940. The van der Waals surface area contributed by atoms with Gasteiger partial charge in [0.2, 0.25) is 5.91 Å². The molecule has 4 nitrogen and oxygen atoms in total. The summed E-state index contributed by atoms with van der Waals surface area (Å²) in [5.41, 5.74) is 0.970. The first-order chi connectivity index (χ1) is 9.38. The lowest BCUT2D eigenvalue weighted by molar-refractivity contribution is -0.131. The number of carbonyl (C=O) groups is 1. The van der Waals surface area contributed by atoms with Gasteiger partial charge in [0.15, 0.2) is 0 Å². The molecule has 112 valence electrons. The summed E-state index contributed by atoms with van der Waals surface area (Å²) >= 11 is 1.65. The largest absolute Gasteiger partial charge is 0.342 e. The van der Waals surface area contributed by atoms with E-state index >= 15 is 0 Å². The lowest BCUT2D eigenvalue weighted by Gasteiger charge is -2.31. The van der Waals surface area contributed by atoms with Crippen molar-refractivity contribution in [2.75, 3.05) is 20.1 Å². The second kappa shape index (κ2) is 6.22. The van der Waals surface area contributed by atoms with Crippen LogP contribution in [0, 0.1) is 0 Å². The van der Waals surface area contributed by atoms with E-state index in [9.17, 15) is 4.79 Å². The predicted molar refractivity (Wildman–Crippen MR) is 83.2 cm³/mol. The minimum atomic E-state index is 0.0624. The number of aromatic nitrogens is 1. The molecule has 0 aliphatic carbocycles. The Morgan fingerprint density at radius 2 is 2.10 bits per heavy atom. The van der Waals surface area contributed by atoms with Crippen LogP contribution in [-0.2, 0) is 16.6 Å². The summed E-state index contributed by atoms with van der Waals surface area (Å²) in [5.74, 6) is 0.183. The summed E-state index contributed by atoms with van der Waals surface area (Å²) in [6.07, 6.45) is 2.52. The average Bonchev–Trinajstić information content (AvgIpc) is 2.87. The van der Waals surface area contributed by atoms with Crippen LogP contribution < -0.4 is 5.32 Å². The topological polar surface area (TPSA) is 45.2 Å². The molecule has 1 fully saturated rings. The number of piperidine rings is 1. The predicted octanol–water partition coefficient (Wildman–Crippen LogP) is 2.19. The quantitative estimate of drug-likeness (QED) is 0.930. The molecule has 1 aromatic rings. The van der Waals surface area contributed by atoms with Crippen molar-refractivity contribution in [1.82, 2.24) is 15.2 Å². The SMILES string of the molecule is CN(C(=O)Cc1csc(C(C)(C)C)n1)C1CCNCC1. The van der Waals surface area contributed by atoms with Crippen molar-refractivity contribution in [2.45, 2.75) is 51.5 Å². The number of likely N-dealkylation sites (N-methyl/N-ethyl adjacent to an activating group) is 1. The second-order valence-electron chi connectivity index (χ2n) is 6.56. The second-order valence-corrected chi connectivity index (χ2v) is 7.41. The number of hydrogen-bond donors (Lipinski definition) is 1. The highest BCUT2D eigenvalue weighted by molar-refractivity contribution is 7.09. The molecular weight excluding hydrogens is 270 g/mol. The lowest BCUT2D eigenvalue weighted by Crippen LogP contribution is -2.44. The van der Waals surface area contributed by atoms with Crippen molar-refractivity contribution in [2.24, 2.45) is 0 Å². The third kappa shape index (κ3) is 3.79. The van der Waals surface area contributed by atoms with Crippen LogP contribution in [0.4, 0.5) is 0 Å². The zero-order chi connectivity index (χ0) is 14.8. The van der Waals surface area contributed by atoms with Crippen molar-refractivity contribution >= 4 is 17.2 Å². The molecule has 0 spiro atoms. The van der Waals surface area contributed by atoms with Crippen LogP contribution >= 0.6 is 11.3 Å². The fourth-order valence-corrected chi connectivity index (χ4v) is 3.32. The van der Waals surface area contributed by atoms with E-state index < -0.39 is 0 Å². The molecule has 1 amide bonds. The van der Waals surface area contributed by atoms with Crippen molar-refractivity contribution in [3.05, 3.63) is 16.1 Å². The van der Waals surface area contributed by atoms with Gasteiger partial charge in [0.05, 0.1) is 17.1 Å². The maximum absolute atomic E-state index is 12.3. The minimum Gasteiger partial charge on any atom is -0.342 e. The highest BCUT2D eigenvalue weighted by Gasteiger charge is 2.23. The normalized spacial score (nSPS) is 17.2. The molecule has 2 heterocycles. The molecule has 20 heavy (non-hydrogen) atoms. The number of nitrogens with zero attached hydrogens (tertiary/aromatic N) is 2. The first-order valence-corrected chi connectivity index (χ1v) is 8.17. The van der Waals surface area contributed by atoms with Crippen LogP contribution in [0.2, 0.25) is 0 Å². The van der Waals surface area contributed by atoms with Crippen LogP contribution in [0.1, 0.15) is 44.3 Å². The summed E-state index contributed by atoms with van der Waals surface area (Å²) in [6, 6.07) is 0.379. The Labute approximate surface area is 125 Å². The van der Waals surface area contributed by atoms with Gasteiger partial charge >= 0.3 is 0 Å². The van der Waals surface area contributed by atoms with Crippen LogP contribution in [-0.4, -0.2) is 42.0 Å². The highest BCUT2D eigenvalue weighted by Crippen LogP contribution is 2.26. The van der Waals surface area contributed by atoms with Crippen molar-refractivity contribution in [3.8, 4) is 0 Å². The summed E-state index contributed by atoms with van der Waals surface area (Å²) in [6.45, 7) is 8.47. The Bertz CT molecular complexity index is 458. The van der Waals surface area contributed by atoms with Crippen LogP contribution in [0.15, 0.2) is 5.38 Å². The molecule has 1 saturated heterocycles. The smallest absolute Gasteiger partial charge is 0.228 e. The molecule has 2 rings (SSSR count). The minimum absolute atomic E-state index is 0.0624. The number of carbonyl (C=O) groups excluding carboxylic acids is 1. The first kappa shape index (κ1) is 15.4. The van der Waals surface area contributed by atoms with Gasteiger partial charge in [-0.2, -0.15) is 0 Å². The maximum atomic E-state index is 12.3. The fourth-order valence-electron chi connectivity index (χ4n) is 2.41. The number of amides is 1. The molecule has 0 unspecified atom stereocenters.